The lowest BCUT2D eigenvalue weighted by molar-refractivity contribution is 0.0931. The molecule has 8 heteroatoms. The van der Waals surface area contributed by atoms with Crippen molar-refractivity contribution in [1.29, 1.82) is 0 Å². The Hall–Kier alpha value is -4.59. The second-order valence-electron chi connectivity index (χ2n) is 9.53. The van der Waals surface area contributed by atoms with E-state index < -0.39 is 0 Å². The fourth-order valence-corrected chi connectivity index (χ4v) is 5.08. The van der Waals surface area contributed by atoms with Gasteiger partial charge in [0.1, 0.15) is 17.9 Å². The maximum Gasteiger partial charge on any atom is 0.258 e. The number of hydrogen-bond donors (Lipinski definition) is 1. The zero-order valence-corrected chi connectivity index (χ0v) is 21.4. The summed E-state index contributed by atoms with van der Waals surface area (Å²) in [5, 5.41) is 3.13. The van der Waals surface area contributed by atoms with E-state index in [-0.39, 0.29) is 30.4 Å². The van der Waals surface area contributed by atoms with E-state index in [1.807, 2.05) is 61.8 Å². The Morgan fingerprint density at radius 1 is 1.13 bits per heavy atom. The van der Waals surface area contributed by atoms with Gasteiger partial charge >= 0.3 is 0 Å². The SMILES string of the molecule is COc1ccc(COc2nc(N3CCc4ccccc43)ncc2C(=O)NC(C)C2C=Cn3cccc32)cc1. The molecule has 192 valence electrons. The molecule has 4 aromatic rings. The molecule has 0 fully saturated rings. The molecule has 2 aromatic carbocycles. The van der Waals surface area contributed by atoms with Crippen LogP contribution in [0.1, 0.15) is 40.0 Å². The van der Waals surface area contributed by atoms with E-state index >= 15 is 0 Å². The molecule has 0 radical (unpaired) electrons. The molecule has 2 aromatic heterocycles. The molecule has 2 aliphatic heterocycles. The Bertz CT molecular complexity index is 1490. The number of para-hydroxylation sites is 1. The van der Waals surface area contributed by atoms with Gasteiger partial charge in [-0.2, -0.15) is 4.98 Å². The molecule has 0 aliphatic carbocycles. The quantitative estimate of drug-likeness (QED) is 0.364. The summed E-state index contributed by atoms with van der Waals surface area (Å²) < 4.78 is 13.5. The summed E-state index contributed by atoms with van der Waals surface area (Å²) in [7, 11) is 1.63. The first-order valence-electron chi connectivity index (χ1n) is 12.7. The Kier molecular flexibility index (Phi) is 6.29. The number of fused-ring (bicyclic) bond motifs is 2. The van der Waals surface area contributed by atoms with Crippen LogP contribution in [0.25, 0.3) is 6.20 Å². The van der Waals surface area contributed by atoms with Crippen molar-refractivity contribution in [1.82, 2.24) is 19.9 Å². The summed E-state index contributed by atoms with van der Waals surface area (Å²) in [6.45, 7) is 3.03. The standard InChI is InChI=1S/C30H29N5O3/c1-20(24-14-16-34-15-5-8-27(24)34)32-28(36)25-18-31-30(35-17-13-22-6-3-4-7-26(22)35)33-29(25)38-19-21-9-11-23(37-2)12-10-21/h3-12,14-16,18,20,24H,13,17,19H2,1-2H3,(H,32,36). The van der Waals surface area contributed by atoms with E-state index in [9.17, 15) is 4.79 Å². The third kappa shape index (κ3) is 4.49. The number of anilines is 2. The first kappa shape index (κ1) is 23.8. The summed E-state index contributed by atoms with van der Waals surface area (Å²) in [4.78, 5) is 24.9. The van der Waals surface area contributed by atoms with Crippen LogP contribution in [0.5, 0.6) is 11.6 Å². The van der Waals surface area contributed by atoms with Gasteiger partial charge in [-0.25, -0.2) is 4.98 Å². The van der Waals surface area contributed by atoms with Gasteiger partial charge in [-0.3, -0.25) is 4.79 Å². The molecule has 0 spiro atoms. The molecule has 0 saturated heterocycles. The number of carbonyl (C=O) groups excluding carboxylic acids is 1. The highest BCUT2D eigenvalue weighted by Crippen LogP contribution is 2.34. The third-order valence-electron chi connectivity index (χ3n) is 7.15. The molecule has 8 nitrogen and oxygen atoms in total. The van der Waals surface area contributed by atoms with Crippen molar-refractivity contribution in [3.05, 3.63) is 102 Å². The zero-order chi connectivity index (χ0) is 26.1. The van der Waals surface area contributed by atoms with Gasteiger partial charge < -0.3 is 24.3 Å². The lowest BCUT2D eigenvalue weighted by Gasteiger charge is -2.21. The first-order valence-corrected chi connectivity index (χ1v) is 12.7. The average Bonchev–Trinajstić information content (AvgIpc) is 3.68. The Morgan fingerprint density at radius 3 is 2.82 bits per heavy atom. The maximum atomic E-state index is 13.5. The average molecular weight is 508 g/mol. The van der Waals surface area contributed by atoms with Gasteiger partial charge in [0.25, 0.3) is 5.91 Å². The van der Waals surface area contributed by atoms with Gasteiger partial charge in [0, 0.05) is 48.5 Å². The molecule has 1 amide bonds. The van der Waals surface area contributed by atoms with Crippen LogP contribution in [0.2, 0.25) is 0 Å². The van der Waals surface area contributed by atoms with Crippen molar-refractivity contribution < 1.29 is 14.3 Å². The number of ether oxygens (including phenoxy) is 2. The van der Waals surface area contributed by atoms with Gasteiger partial charge in [-0.15, -0.1) is 0 Å². The van der Waals surface area contributed by atoms with Crippen molar-refractivity contribution in [3.8, 4) is 11.6 Å². The van der Waals surface area contributed by atoms with Gasteiger partial charge in [-0.05, 0) is 54.8 Å². The molecule has 4 heterocycles. The smallest absolute Gasteiger partial charge is 0.258 e. The van der Waals surface area contributed by atoms with Gasteiger partial charge in [0.2, 0.25) is 11.8 Å². The van der Waals surface area contributed by atoms with Crippen LogP contribution in [-0.2, 0) is 13.0 Å². The number of rotatable bonds is 8. The minimum absolute atomic E-state index is 0.0823. The number of carbonyl (C=O) groups is 1. The Labute approximate surface area is 221 Å². The number of nitrogens with one attached hydrogen (secondary N) is 1. The summed E-state index contributed by atoms with van der Waals surface area (Å²) >= 11 is 0. The highest BCUT2D eigenvalue weighted by molar-refractivity contribution is 5.96. The van der Waals surface area contributed by atoms with E-state index in [4.69, 9.17) is 14.5 Å². The van der Waals surface area contributed by atoms with Crippen molar-refractivity contribution in [2.75, 3.05) is 18.6 Å². The number of benzene rings is 2. The van der Waals surface area contributed by atoms with E-state index in [1.165, 1.54) is 5.56 Å². The predicted molar refractivity (Wildman–Crippen MR) is 146 cm³/mol. The highest BCUT2D eigenvalue weighted by atomic mass is 16.5. The number of aromatic nitrogens is 3. The number of hydrogen-bond acceptors (Lipinski definition) is 6. The molecule has 0 saturated carbocycles. The van der Waals surface area contributed by atoms with E-state index in [0.717, 1.165) is 35.7 Å². The van der Waals surface area contributed by atoms with Crippen LogP contribution in [0.15, 0.2) is 79.1 Å². The van der Waals surface area contributed by atoms with Gasteiger partial charge in [-0.1, -0.05) is 36.4 Å². The largest absolute Gasteiger partial charge is 0.497 e. The van der Waals surface area contributed by atoms with Crippen molar-refractivity contribution >= 4 is 23.7 Å². The Morgan fingerprint density at radius 2 is 1.97 bits per heavy atom. The zero-order valence-electron chi connectivity index (χ0n) is 21.4. The summed E-state index contributed by atoms with van der Waals surface area (Å²) in [5.41, 5.74) is 4.72. The van der Waals surface area contributed by atoms with Crippen LogP contribution in [0.3, 0.4) is 0 Å². The third-order valence-corrected chi connectivity index (χ3v) is 7.15. The normalized spacial score (nSPS) is 16.2. The van der Waals surface area contributed by atoms with Gasteiger partial charge in [0.15, 0.2) is 0 Å². The molecule has 2 unspecified atom stereocenters. The lowest BCUT2D eigenvalue weighted by Crippen LogP contribution is -2.36. The van der Waals surface area contributed by atoms with Crippen LogP contribution < -0.4 is 19.7 Å². The highest BCUT2D eigenvalue weighted by Gasteiger charge is 2.28. The van der Waals surface area contributed by atoms with Crippen LogP contribution in [0.4, 0.5) is 11.6 Å². The fraction of sp³-hybridized carbons (Fsp3) is 0.233. The monoisotopic (exact) mass is 507 g/mol. The van der Waals surface area contributed by atoms with Crippen LogP contribution in [0, 0.1) is 0 Å². The molecule has 1 N–H and O–H groups in total. The second kappa shape index (κ2) is 10.0. The molecular weight excluding hydrogens is 478 g/mol. The first-order chi connectivity index (χ1) is 18.6. The summed E-state index contributed by atoms with van der Waals surface area (Å²) in [6.07, 6.45) is 8.62. The molecule has 2 aliphatic rings. The van der Waals surface area contributed by atoms with Crippen LogP contribution in [-0.4, -0.2) is 40.1 Å². The Balaban J connectivity index is 1.26. The number of nitrogens with zero attached hydrogens (tertiary/aromatic N) is 4. The number of amides is 1. The van der Waals surface area contributed by atoms with E-state index in [2.05, 4.69) is 44.0 Å². The van der Waals surface area contributed by atoms with Crippen molar-refractivity contribution in [2.24, 2.45) is 0 Å². The maximum absolute atomic E-state index is 13.5. The fourth-order valence-electron chi connectivity index (χ4n) is 5.08. The topological polar surface area (TPSA) is 81.5 Å². The molecule has 38 heavy (non-hydrogen) atoms. The lowest BCUT2D eigenvalue weighted by atomic mass is 9.99. The predicted octanol–water partition coefficient (Wildman–Crippen LogP) is 4.95. The second-order valence-corrected chi connectivity index (χ2v) is 9.53. The summed E-state index contributed by atoms with van der Waals surface area (Å²) in [6, 6.07) is 19.8. The van der Waals surface area contributed by atoms with Crippen LogP contribution >= 0.6 is 0 Å². The molecule has 2 atom stereocenters. The minimum atomic E-state index is -0.269. The van der Waals surface area contributed by atoms with Gasteiger partial charge in [0.05, 0.1) is 7.11 Å². The van der Waals surface area contributed by atoms with E-state index in [0.29, 0.717) is 11.5 Å². The number of methoxy groups -OCH3 is 1. The van der Waals surface area contributed by atoms with E-state index in [1.54, 1.807) is 13.3 Å². The molecule has 0 bridgehead atoms. The summed E-state index contributed by atoms with van der Waals surface area (Å²) in [5.74, 6) is 1.35. The van der Waals surface area contributed by atoms with Crippen molar-refractivity contribution in [2.45, 2.75) is 31.9 Å². The molecular formula is C30H29N5O3. The van der Waals surface area contributed by atoms with Crippen molar-refractivity contribution in [3.63, 3.8) is 0 Å². The molecule has 6 rings (SSSR count). The minimum Gasteiger partial charge on any atom is -0.497 e.